The SMILES string of the molecule is CC[C@@H](NS(=O)(=O)c1ccc(SC)c(NC(C)=O)c1)c1ccc(OC)cc1. The van der Waals surface area contributed by atoms with Gasteiger partial charge in [-0.3, -0.25) is 4.79 Å². The number of methoxy groups -OCH3 is 1. The standard InChI is InChI=1S/C19H24N2O4S2/c1-5-17(14-6-8-15(25-3)9-7-14)21-27(23,24)16-10-11-19(26-4)18(12-16)20-13(2)22/h6-12,17,21H,5H2,1-4H3,(H,20,22)/t17-/m1/s1. The fourth-order valence-electron chi connectivity index (χ4n) is 2.62. The Morgan fingerprint density at radius 1 is 1.19 bits per heavy atom. The number of ether oxygens (including phenoxy) is 1. The van der Waals surface area contributed by atoms with E-state index in [4.69, 9.17) is 4.74 Å². The van der Waals surface area contributed by atoms with Crippen LogP contribution in [0.2, 0.25) is 0 Å². The van der Waals surface area contributed by atoms with Crippen molar-refractivity contribution in [1.29, 1.82) is 0 Å². The molecule has 0 aliphatic carbocycles. The van der Waals surface area contributed by atoms with Crippen LogP contribution in [0.25, 0.3) is 0 Å². The highest BCUT2D eigenvalue weighted by molar-refractivity contribution is 7.98. The van der Waals surface area contributed by atoms with Crippen LogP contribution < -0.4 is 14.8 Å². The number of amides is 1. The molecule has 0 unspecified atom stereocenters. The second-order valence-corrected chi connectivity index (χ2v) is 8.46. The summed E-state index contributed by atoms with van der Waals surface area (Å²) in [5.74, 6) is 0.460. The fourth-order valence-corrected chi connectivity index (χ4v) is 4.49. The first-order chi connectivity index (χ1) is 12.8. The minimum atomic E-state index is -3.76. The maximum atomic E-state index is 12.9. The first-order valence-corrected chi connectivity index (χ1v) is 11.1. The maximum Gasteiger partial charge on any atom is 0.241 e. The van der Waals surface area contributed by atoms with Gasteiger partial charge in [0.1, 0.15) is 5.75 Å². The highest BCUT2D eigenvalue weighted by Crippen LogP contribution is 2.29. The van der Waals surface area contributed by atoms with Crippen LogP contribution in [0.3, 0.4) is 0 Å². The topological polar surface area (TPSA) is 84.5 Å². The lowest BCUT2D eigenvalue weighted by Gasteiger charge is -2.19. The van der Waals surface area contributed by atoms with Gasteiger partial charge < -0.3 is 10.1 Å². The molecule has 146 valence electrons. The first kappa shape index (κ1) is 21.3. The quantitative estimate of drug-likeness (QED) is 0.649. The molecule has 27 heavy (non-hydrogen) atoms. The predicted octanol–water partition coefficient (Wildman–Crippen LogP) is 3.81. The highest BCUT2D eigenvalue weighted by Gasteiger charge is 2.21. The van der Waals surface area contributed by atoms with E-state index in [0.717, 1.165) is 10.5 Å². The van der Waals surface area contributed by atoms with E-state index in [-0.39, 0.29) is 16.8 Å². The van der Waals surface area contributed by atoms with Gasteiger partial charge in [-0.15, -0.1) is 11.8 Å². The third-order valence-corrected chi connectivity index (χ3v) is 6.28. The summed E-state index contributed by atoms with van der Waals surface area (Å²) in [6.45, 7) is 3.30. The van der Waals surface area contributed by atoms with Crippen molar-refractivity contribution in [2.24, 2.45) is 0 Å². The summed E-state index contributed by atoms with van der Waals surface area (Å²) in [4.78, 5) is 12.3. The molecule has 1 amide bonds. The Kier molecular flexibility index (Phi) is 7.29. The molecule has 2 rings (SSSR count). The molecule has 0 radical (unpaired) electrons. The predicted molar refractivity (Wildman–Crippen MR) is 109 cm³/mol. The fraction of sp³-hybridized carbons (Fsp3) is 0.316. The molecular formula is C19H24N2O4S2. The van der Waals surface area contributed by atoms with E-state index in [1.54, 1.807) is 31.4 Å². The van der Waals surface area contributed by atoms with Gasteiger partial charge in [0.2, 0.25) is 15.9 Å². The van der Waals surface area contributed by atoms with Gasteiger partial charge in [-0.05, 0) is 48.6 Å². The van der Waals surface area contributed by atoms with Gasteiger partial charge in [0.05, 0.1) is 17.7 Å². The molecule has 1 atom stereocenters. The number of nitrogens with one attached hydrogen (secondary N) is 2. The Balaban J connectivity index is 2.31. The van der Waals surface area contributed by atoms with Gasteiger partial charge in [-0.1, -0.05) is 19.1 Å². The molecule has 0 saturated heterocycles. The Labute approximate surface area is 164 Å². The lowest BCUT2D eigenvalue weighted by Crippen LogP contribution is -2.28. The van der Waals surface area contributed by atoms with E-state index in [0.29, 0.717) is 17.9 Å². The van der Waals surface area contributed by atoms with E-state index in [1.165, 1.54) is 24.8 Å². The summed E-state index contributed by atoms with van der Waals surface area (Å²) in [6, 6.07) is 11.6. The van der Waals surface area contributed by atoms with E-state index >= 15 is 0 Å². The van der Waals surface area contributed by atoms with Crippen molar-refractivity contribution < 1.29 is 17.9 Å². The Morgan fingerprint density at radius 3 is 2.37 bits per heavy atom. The van der Waals surface area contributed by atoms with Crippen LogP contribution in [0, 0.1) is 0 Å². The molecule has 2 aromatic rings. The van der Waals surface area contributed by atoms with Crippen LogP contribution >= 0.6 is 11.8 Å². The molecule has 0 bridgehead atoms. The maximum absolute atomic E-state index is 12.9. The number of rotatable bonds is 8. The first-order valence-electron chi connectivity index (χ1n) is 8.42. The smallest absolute Gasteiger partial charge is 0.241 e. The van der Waals surface area contributed by atoms with Gasteiger partial charge in [-0.2, -0.15) is 0 Å². The third-order valence-electron chi connectivity index (χ3n) is 4.02. The Morgan fingerprint density at radius 2 is 1.85 bits per heavy atom. The van der Waals surface area contributed by atoms with E-state index in [2.05, 4.69) is 10.0 Å². The number of benzene rings is 2. The number of carbonyl (C=O) groups is 1. The number of anilines is 1. The normalized spacial score (nSPS) is 12.4. The molecule has 0 heterocycles. The van der Waals surface area contributed by atoms with Crippen molar-refractivity contribution in [3.8, 4) is 5.75 Å². The summed E-state index contributed by atoms with van der Waals surface area (Å²) in [6.07, 6.45) is 2.46. The summed E-state index contributed by atoms with van der Waals surface area (Å²) in [5, 5.41) is 2.68. The Hall–Kier alpha value is -2.03. The summed E-state index contributed by atoms with van der Waals surface area (Å²) >= 11 is 1.43. The molecular weight excluding hydrogens is 384 g/mol. The molecule has 0 spiro atoms. The van der Waals surface area contributed by atoms with Crippen LogP contribution in [-0.2, 0) is 14.8 Å². The van der Waals surface area contributed by atoms with Crippen LogP contribution in [0.15, 0.2) is 52.3 Å². The zero-order valence-electron chi connectivity index (χ0n) is 15.8. The second kappa shape index (κ2) is 9.25. The summed E-state index contributed by atoms with van der Waals surface area (Å²) in [5.41, 5.74) is 1.33. The van der Waals surface area contributed by atoms with Crippen molar-refractivity contribution in [2.45, 2.75) is 36.1 Å². The van der Waals surface area contributed by atoms with Crippen LogP contribution in [0.4, 0.5) is 5.69 Å². The van der Waals surface area contributed by atoms with Crippen LogP contribution in [0.1, 0.15) is 31.9 Å². The Bertz CT molecular complexity index is 896. The molecule has 6 nitrogen and oxygen atoms in total. The third kappa shape index (κ3) is 5.47. The number of carbonyl (C=O) groups excluding carboxylic acids is 1. The largest absolute Gasteiger partial charge is 0.497 e. The van der Waals surface area contributed by atoms with Gasteiger partial charge >= 0.3 is 0 Å². The zero-order valence-corrected chi connectivity index (χ0v) is 17.4. The van der Waals surface area contributed by atoms with E-state index in [1.807, 2.05) is 25.3 Å². The molecule has 2 aromatic carbocycles. The highest BCUT2D eigenvalue weighted by atomic mass is 32.2. The zero-order chi connectivity index (χ0) is 20.0. The van der Waals surface area contributed by atoms with Crippen molar-refractivity contribution >= 4 is 33.4 Å². The number of hydrogen-bond donors (Lipinski definition) is 2. The van der Waals surface area contributed by atoms with Crippen molar-refractivity contribution in [3.63, 3.8) is 0 Å². The molecule has 0 aromatic heterocycles. The minimum absolute atomic E-state index is 0.107. The molecule has 0 fully saturated rings. The lowest BCUT2D eigenvalue weighted by molar-refractivity contribution is -0.114. The molecule has 0 saturated carbocycles. The number of sulfonamides is 1. The monoisotopic (exact) mass is 408 g/mol. The van der Waals surface area contributed by atoms with Gasteiger partial charge in [0.15, 0.2) is 0 Å². The average Bonchev–Trinajstić information content (AvgIpc) is 2.65. The van der Waals surface area contributed by atoms with Gasteiger partial charge in [0.25, 0.3) is 0 Å². The average molecular weight is 409 g/mol. The molecule has 2 N–H and O–H groups in total. The molecule has 0 aliphatic rings. The molecule has 8 heteroatoms. The second-order valence-electron chi connectivity index (χ2n) is 5.90. The molecule has 0 aliphatic heterocycles. The van der Waals surface area contributed by atoms with Crippen LogP contribution in [0.5, 0.6) is 5.75 Å². The van der Waals surface area contributed by atoms with Crippen LogP contribution in [-0.4, -0.2) is 27.7 Å². The van der Waals surface area contributed by atoms with Gasteiger partial charge in [0, 0.05) is 17.9 Å². The minimum Gasteiger partial charge on any atom is -0.497 e. The number of thioether (sulfide) groups is 1. The van der Waals surface area contributed by atoms with Gasteiger partial charge in [-0.25, -0.2) is 13.1 Å². The lowest BCUT2D eigenvalue weighted by atomic mass is 10.1. The van der Waals surface area contributed by atoms with Crippen molar-refractivity contribution in [3.05, 3.63) is 48.0 Å². The van der Waals surface area contributed by atoms with Crippen molar-refractivity contribution in [1.82, 2.24) is 4.72 Å². The van der Waals surface area contributed by atoms with E-state index < -0.39 is 10.0 Å². The summed E-state index contributed by atoms with van der Waals surface area (Å²) < 4.78 is 33.6. The number of hydrogen-bond acceptors (Lipinski definition) is 5. The summed E-state index contributed by atoms with van der Waals surface area (Å²) in [7, 11) is -2.18. The van der Waals surface area contributed by atoms with E-state index in [9.17, 15) is 13.2 Å². The van der Waals surface area contributed by atoms with Crippen molar-refractivity contribution in [2.75, 3.05) is 18.7 Å².